The number of ether oxygens (including phenoxy) is 2. The van der Waals surface area contributed by atoms with Crippen molar-refractivity contribution in [3.8, 4) is 11.5 Å². The van der Waals surface area contributed by atoms with Crippen molar-refractivity contribution in [2.24, 2.45) is 0 Å². The van der Waals surface area contributed by atoms with Crippen molar-refractivity contribution in [2.75, 3.05) is 38.8 Å². The highest BCUT2D eigenvalue weighted by Crippen LogP contribution is 2.39. The number of halogens is 2. The fourth-order valence-corrected chi connectivity index (χ4v) is 5.43. The number of amides is 1. The van der Waals surface area contributed by atoms with E-state index < -0.39 is 0 Å². The summed E-state index contributed by atoms with van der Waals surface area (Å²) in [7, 11) is 3.24. The molecule has 5 nitrogen and oxygen atoms in total. The van der Waals surface area contributed by atoms with Gasteiger partial charge in [-0.15, -0.1) is 0 Å². The van der Waals surface area contributed by atoms with E-state index in [1.807, 2.05) is 12.1 Å². The van der Waals surface area contributed by atoms with Gasteiger partial charge >= 0.3 is 0 Å². The lowest BCUT2D eigenvalue weighted by molar-refractivity contribution is -0.120. The first-order chi connectivity index (χ1) is 17.5. The Morgan fingerprint density at radius 3 is 2.33 bits per heavy atom. The van der Waals surface area contributed by atoms with Crippen LogP contribution < -0.4 is 14.4 Å². The van der Waals surface area contributed by atoms with Crippen LogP contribution in [0, 0.1) is 11.6 Å². The predicted octanol–water partition coefficient (Wildman–Crippen LogP) is 5.30. The summed E-state index contributed by atoms with van der Waals surface area (Å²) < 4.78 is 38.8. The SMILES string of the molecule is COc1cc2c(cc1OC)CN(CC(=O)N1CCCC(c3ccc(F)cc3)c3ccc(F)cc31)CC2. The molecule has 0 aliphatic carbocycles. The molecule has 2 aliphatic rings. The maximum atomic E-state index is 14.4. The van der Waals surface area contributed by atoms with Crippen LogP contribution in [0.5, 0.6) is 11.5 Å². The smallest absolute Gasteiger partial charge is 0.241 e. The van der Waals surface area contributed by atoms with Crippen molar-refractivity contribution in [3.63, 3.8) is 0 Å². The lowest BCUT2D eigenvalue weighted by atomic mass is 9.87. The Kier molecular flexibility index (Phi) is 6.92. The molecule has 0 saturated carbocycles. The lowest BCUT2D eigenvalue weighted by Gasteiger charge is -2.31. The van der Waals surface area contributed by atoms with Gasteiger partial charge in [-0.05, 0) is 77.9 Å². The molecule has 1 unspecified atom stereocenters. The number of hydrogen-bond acceptors (Lipinski definition) is 4. The van der Waals surface area contributed by atoms with Crippen LogP contribution >= 0.6 is 0 Å². The van der Waals surface area contributed by atoms with Crippen LogP contribution in [0.25, 0.3) is 0 Å². The number of nitrogens with zero attached hydrogens (tertiary/aromatic N) is 2. The molecule has 0 aromatic heterocycles. The van der Waals surface area contributed by atoms with Gasteiger partial charge in [-0.3, -0.25) is 9.69 Å². The number of rotatable bonds is 5. The third-order valence-corrected chi connectivity index (χ3v) is 7.26. The van der Waals surface area contributed by atoms with Gasteiger partial charge in [0.05, 0.1) is 26.5 Å². The molecule has 2 heterocycles. The van der Waals surface area contributed by atoms with Gasteiger partial charge in [0.15, 0.2) is 11.5 Å². The summed E-state index contributed by atoms with van der Waals surface area (Å²) in [6, 6.07) is 15.1. The molecule has 5 rings (SSSR count). The summed E-state index contributed by atoms with van der Waals surface area (Å²) in [5.41, 5.74) is 4.78. The maximum Gasteiger partial charge on any atom is 0.241 e. The highest BCUT2D eigenvalue weighted by atomic mass is 19.1. The molecule has 0 bridgehead atoms. The number of fused-ring (bicyclic) bond motifs is 2. The molecular formula is C29H30F2N2O3. The molecule has 7 heteroatoms. The Morgan fingerprint density at radius 2 is 1.61 bits per heavy atom. The van der Waals surface area contributed by atoms with E-state index in [0.717, 1.165) is 42.5 Å². The van der Waals surface area contributed by atoms with Gasteiger partial charge in [0.1, 0.15) is 11.6 Å². The van der Waals surface area contributed by atoms with Gasteiger partial charge in [-0.1, -0.05) is 18.2 Å². The number of hydrogen-bond donors (Lipinski definition) is 0. The Balaban J connectivity index is 1.38. The molecule has 3 aromatic rings. The van der Waals surface area contributed by atoms with E-state index in [0.29, 0.717) is 30.3 Å². The summed E-state index contributed by atoms with van der Waals surface area (Å²) in [4.78, 5) is 17.4. The molecule has 0 N–H and O–H groups in total. The minimum Gasteiger partial charge on any atom is -0.493 e. The normalized spacial score (nSPS) is 17.7. The van der Waals surface area contributed by atoms with Crippen LogP contribution in [0.4, 0.5) is 14.5 Å². The number of anilines is 1. The Hall–Kier alpha value is -3.45. The zero-order valence-corrected chi connectivity index (χ0v) is 20.6. The Bertz CT molecular complexity index is 1260. The summed E-state index contributed by atoms with van der Waals surface area (Å²) in [5, 5.41) is 0. The first-order valence-electron chi connectivity index (χ1n) is 12.3. The standard InChI is InChI=1S/C29H30F2N2O3/c1-35-27-14-20-11-13-32(17-21(20)15-28(27)36-2)18-29(34)33-12-3-4-24(19-5-7-22(30)8-6-19)25-10-9-23(31)16-26(25)33/h5-10,14-16,24H,3-4,11-13,17-18H2,1-2H3. The van der Waals surface area contributed by atoms with E-state index in [1.165, 1.54) is 29.8 Å². The monoisotopic (exact) mass is 492 g/mol. The molecule has 36 heavy (non-hydrogen) atoms. The van der Waals surface area contributed by atoms with E-state index in [9.17, 15) is 13.6 Å². The predicted molar refractivity (Wildman–Crippen MR) is 135 cm³/mol. The molecule has 188 valence electrons. The number of benzene rings is 3. The molecule has 0 saturated heterocycles. The zero-order chi connectivity index (χ0) is 25.2. The summed E-state index contributed by atoms with van der Waals surface area (Å²) >= 11 is 0. The van der Waals surface area contributed by atoms with E-state index in [4.69, 9.17) is 9.47 Å². The molecule has 1 atom stereocenters. The molecule has 2 aliphatic heterocycles. The molecule has 1 amide bonds. The highest BCUT2D eigenvalue weighted by Gasteiger charge is 2.30. The Labute approximate surface area is 210 Å². The van der Waals surface area contributed by atoms with Gasteiger partial charge < -0.3 is 14.4 Å². The summed E-state index contributed by atoms with van der Waals surface area (Å²) in [6.45, 7) is 2.13. The Morgan fingerprint density at radius 1 is 0.917 bits per heavy atom. The fourth-order valence-electron chi connectivity index (χ4n) is 5.43. The van der Waals surface area contributed by atoms with Gasteiger partial charge in [-0.25, -0.2) is 8.78 Å². The van der Waals surface area contributed by atoms with Gasteiger partial charge in [0.2, 0.25) is 5.91 Å². The number of methoxy groups -OCH3 is 2. The van der Waals surface area contributed by atoms with Gasteiger partial charge in [0, 0.05) is 25.6 Å². The third kappa shape index (κ3) is 4.80. The van der Waals surface area contributed by atoms with Crippen molar-refractivity contribution >= 4 is 11.6 Å². The van der Waals surface area contributed by atoms with E-state index in [-0.39, 0.29) is 30.0 Å². The van der Waals surface area contributed by atoms with Crippen LogP contribution in [-0.2, 0) is 17.8 Å². The number of carbonyl (C=O) groups excluding carboxylic acids is 1. The van der Waals surface area contributed by atoms with Crippen molar-refractivity contribution in [3.05, 3.63) is 88.5 Å². The second kappa shape index (κ2) is 10.3. The third-order valence-electron chi connectivity index (χ3n) is 7.26. The number of carbonyl (C=O) groups is 1. The second-order valence-electron chi connectivity index (χ2n) is 9.43. The van der Waals surface area contributed by atoms with E-state index in [1.54, 1.807) is 37.3 Å². The van der Waals surface area contributed by atoms with Gasteiger partial charge in [0.25, 0.3) is 0 Å². The molecule has 0 fully saturated rings. The van der Waals surface area contributed by atoms with Crippen molar-refractivity contribution in [1.29, 1.82) is 0 Å². The second-order valence-corrected chi connectivity index (χ2v) is 9.43. The van der Waals surface area contributed by atoms with Crippen LogP contribution in [0.15, 0.2) is 54.6 Å². The fraction of sp³-hybridized carbons (Fsp3) is 0.345. The minimum absolute atomic E-state index is 0.0247. The van der Waals surface area contributed by atoms with E-state index in [2.05, 4.69) is 4.90 Å². The first kappa shape index (κ1) is 24.3. The van der Waals surface area contributed by atoms with Gasteiger partial charge in [-0.2, -0.15) is 0 Å². The molecule has 0 radical (unpaired) electrons. The van der Waals surface area contributed by atoms with Crippen LogP contribution in [-0.4, -0.2) is 44.7 Å². The largest absolute Gasteiger partial charge is 0.493 e. The topological polar surface area (TPSA) is 42.0 Å². The van der Waals surface area contributed by atoms with Crippen molar-refractivity contribution < 1.29 is 23.0 Å². The molecular weight excluding hydrogens is 462 g/mol. The molecule has 0 spiro atoms. The maximum absolute atomic E-state index is 14.4. The first-order valence-corrected chi connectivity index (χ1v) is 12.3. The van der Waals surface area contributed by atoms with Crippen LogP contribution in [0.1, 0.15) is 41.0 Å². The summed E-state index contributed by atoms with van der Waals surface area (Å²) in [6.07, 6.45) is 2.37. The average Bonchev–Trinajstić information content (AvgIpc) is 3.07. The average molecular weight is 493 g/mol. The molecule has 3 aromatic carbocycles. The lowest BCUT2D eigenvalue weighted by Crippen LogP contribution is -2.42. The zero-order valence-electron chi connectivity index (χ0n) is 20.6. The van der Waals surface area contributed by atoms with E-state index >= 15 is 0 Å². The highest BCUT2D eigenvalue weighted by molar-refractivity contribution is 5.96. The van der Waals surface area contributed by atoms with Crippen LogP contribution in [0.2, 0.25) is 0 Å². The quantitative estimate of drug-likeness (QED) is 0.485. The van der Waals surface area contributed by atoms with Crippen molar-refractivity contribution in [2.45, 2.75) is 31.7 Å². The van der Waals surface area contributed by atoms with Crippen LogP contribution in [0.3, 0.4) is 0 Å². The minimum atomic E-state index is -0.376. The summed E-state index contributed by atoms with van der Waals surface area (Å²) in [5.74, 6) is 0.642. The van der Waals surface area contributed by atoms with Crippen molar-refractivity contribution in [1.82, 2.24) is 4.90 Å².